The van der Waals surface area contributed by atoms with Gasteiger partial charge in [-0.3, -0.25) is 5.10 Å². The van der Waals surface area contributed by atoms with Gasteiger partial charge < -0.3 is 19.8 Å². The Morgan fingerprint density at radius 1 is 1.30 bits per heavy atom. The molecule has 3 rings (SSSR count). The summed E-state index contributed by atoms with van der Waals surface area (Å²) < 4.78 is 35.1. The number of aromatic nitrogens is 3. The van der Waals surface area contributed by atoms with E-state index in [2.05, 4.69) is 35.5 Å². The number of H-pyrrole nitrogens is 1. The largest absolute Gasteiger partial charge is 0.461 e. The van der Waals surface area contributed by atoms with E-state index in [0.717, 1.165) is 5.56 Å². The molecule has 0 aliphatic heterocycles. The average molecular weight is 532 g/mol. The normalized spacial score (nSPS) is 11.3. The molecule has 0 atom stereocenters. The van der Waals surface area contributed by atoms with Crippen LogP contribution in [0.2, 0.25) is 0 Å². The molecule has 0 saturated carbocycles. The monoisotopic (exact) mass is 532 g/mol. The predicted molar refractivity (Wildman–Crippen MR) is 119 cm³/mol. The highest BCUT2D eigenvalue weighted by Gasteiger charge is 2.11. The Kier molecular flexibility index (Phi) is 9.02. The van der Waals surface area contributed by atoms with E-state index < -0.39 is 6.61 Å². The number of hydrogen-bond donors (Lipinski definition) is 3. The van der Waals surface area contributed by atoms with Crippen LogP contribution in [0.5, 0.6) is 5.75 Å². The molecule has 0 bridgehead atoms. The smallest absolute Gasteiger partial charge is 0.387 e. The number of guanidine groups is 1. The number of furan rings is 1. The minimum atomic E-state index is -2.89. The molecule has 3 aromatic rings. The minimum absolute atomic E-state index is 0. The van der Waals surface area contributed by atoms with Crippen molar-refractivity contribution in [2.45, 2.75) is 33.5 Å². The molecule has 0 aliphatic rings. The molecule has 0 saturated heterocycles. The summed E-state index contributed by atoms with van der Waals surface area (Å²) in [5, 5.41) is 13.2. The first kappa shape index (κ1) is 23.6. The number of halogens is 3. The SMILES string of the molecule is CCNC(=NCc1cc(C)ccc1OC(F)F)NCc1nc(-c2ccco2)n[nH]1.I. The van der Waals surface area contributed by atoms with Gasteiger partial charge in [-0.1, -0.05) is 17.7 Å². The summed E-state index contributed by atoms with van der Waals surface area (Å²) in [5.41, 5.74) is 1.50. The van der Waals surface area contributed by atoms with Crippen molar-refractivity contribution in [3.63, 3.8) is 0 Å². The van der Waals surface area contributed by atoms with Crippen LogP contribution < -0.4 is 15.4 Å². The van der Waals surface area contributed by atoms with Gasteiger partial charge in [-0.2, -0.15) is 8.78 Å². The van der Waals surface area contributed by atoms with E-state index in [0.29, 0.717) is 42.0 Å². The predicted octanol–water partition coefficient (Wildman–Crippen LogP) is 3.85. The van der Waals surface area contributed by atoms with Gasteiger partial charge in [0.1, 0.15) is 11.6 Å². The lowest BCUT2D eigenvalue weighted by atomic mass is 10.1. The summed E-state index contributed by atoms with van der Waals surface area (Å²) in [4.78, 5) is 8.81. The average Bonchev–Trinajstić information content (AvgIpc) is 3.37. The van der Waals surface area contributed by atoms with Crippen LogP contribution in [-0.4, -0.2) is 34.3 Å². The third kappa shape index (κ3) is 6.68. The molecule has 3 N–H and O–H groups in total. The molecule has 0 aliphatic carbocycles. The van der Waals surface area contributed by atoms with Gasteiger partial charge in [-0.15, -0.1) is 29.1 Å². The molecule has 1 aromatic carbocycles. The highest BCUT2D eigenvalue weighted by atomic mass is 127. The summed E-state index contributed by atoms with van der Waals surface area (Å²) in [5.74, 6) is 2.25. The van der Waals surface area contributed by atoms with Crippen LogP contribution in [0, 0.1) is 6.92 Å². The van der Waals surface area contributed by atoms with E-state index in [1.165, 1.54) is 6.07 Å². The summed E-state index contributed by atoms with van der Waals surface area (Å²) in [6, 6.07) is 8.55. The van der Waals surface area contributed by atoms with Crippen LogP contribution in [0.15, 0.2) is 46.0 Å². The topological polar surface area (TPSA) is 100 Å². The Morgan fingerprint density at radius 3 is 2.83 bits per heavy atom. The molecule has 2 heterocycles. The van der Waals surface area contributed by atoms with Gasteiger partial charge in [0.05, 0.1) is 19.4 Å². The first-order valence-electron chi connectivity index (χ1n) is 9.07. The van der Waals surface area contributed by atoms with E-state index in [-0.39, 0.29) is 36.3 Å². The summed E-state index contributed by atoms with van der Waals surface area (Å²) in [6.07, 6.45) is 1.55. The van der Waals surface area contributed by atoms with Crippen molar-refractivity contribution in [1.82, 2.24) is 25.8 Å². The fourth-order valence-corrected chi connectivity index (χ4v) is 2.61. The first-order valence-corrected chi connectivity index (χ1v) is 9.07. The Hall–Kier alpha value is -2.70. The molecule has 11 heteroatoms. The molecule has 0 radical (unpaired) electrons. The van der Waals surface area contributed by atoms with Crippen molar-refractivity contribution in [1.29, 1.82) is 0 Å². The van der Waals surface area contributed by atoms with Crippen LogP contribution >= 0.6 is 24.0 Å². The number of ether oxygens (including phenoxy) is 1. The second-order valence-electron chi connectivity index (χ2n) is 6.12. The Labute approximate surface area is 189 Å². The number of aliphatic imine (C=N–C) groups is 1. The van der Waals surface area contributed by atoms with Crippen LogP contribution in [0.4, 0.5) is 8.78 Å². The fourth-order valence-electron chi connectivity index (χ4n) is 2.61. The lowest BCUT2D eigenvalue weighted by molar-refractivity contribution is -0.0504. The number of nitrogens with one attached hydrogen (secondary N) is 3. The highest BCUT2D eigenvalue weighted by Crippen LogP contribution is 2.23. The van der Waals surface area contributed by atoms with E-state index in [4.69, 9.17) is 4.42 Å². The van der Waals surface area contributed by atoms with Crippen molar-refractivity contribution in [2.75, 3.05) is 6.54 Å². The summed E-state index contributed by atoms with van der Waals surface area (Å²) in [6.45, 7) is 2.07. The molecule has 0 unspecified atom stereocenters. The van der Waals surface area contributed by atoms with Crippen LogP contribution in [0.25, 0.3) is 11.6 Å². The van der Waals surface area contributed by atoms with Crippen molar-refractivity contribution in [3.05, 3.63) is 53.5 Å². The maximum atomic E-state index is 12.6. The van der Waals surface area contributed by atoms with Crippen LogP contribution in [0.1, 0.15) is 23.9 Å². The third-order valence-corrected chi connectivity index (χ3v) is 3.88. The number of hydrogen-bond acceptors (Lipinski definition) is 5. The Balaban J connectivity index is 0.00000320. The lowest BCUT2D eigenvalue weighted by Gasteiger charge is -2.12. The zero-order valence-electron chi connectivity index (χ0n) is 16.5. The Bertz CT molecular complexity index is 946. The number of nitrogens with zero attached hydrogens (tertiary/aromatic N) is 3. The van der Waals surface area contributed by atoms with Gasteiger partial charge >= 0.3 is 6.61 Å². The van der Waals surface area contributed by atoms with Gasteiger partial charge in [-0.05, 0) is 32.0 Å². The van der Waals surface area contributed by atoms with Crippen LogP contribution in [-0.2, 0) is 13.1 Å². The molecule has 0 spiro atoms. The van der Waals surface area contributed by atoms with E-state index in [1.807, 2.05) is 13.8 Å². The zero-order valence-corrected chi connectivity index (χ0v) is 18.8. The summed E-state index contributed by atoms with van der Waals surface area (Å²) in [7, 11) is 0. The van der Waals surface area contributed by atoms with E-state index >= 15 is 0 Å². The van der Waals surface area contributed by atoms with Gasteiger partial charge in [0.2, 0.25) is 5.82 Å². The Morgan fingerprint density at radius 2 is 2.13 bits per heavy atom. The number of aryl methyl sites for hydroxylation is 1. The van der Waals surface area contributed by atoms with Crippen molar-refractivity contribution >= 4 is 29.9 Å². The molecule has 0 fully saturated rings. The van der Waals surface area contributed by atoms with Crippen molar-refractivity contribution in [3.8, 4) is 17.3 Å². The van der Waals surface area contributed by atoms with Gasteiger partial charge in [0.25, 0.3) is 0 Å². The van der Waals surface area contributed by atoms with Gasteiger partial charge in [0, 0.05) is 12.1 Å². The molecular weight excluding hydrogens is 509 g/mol. The number of alkyl halides is 2. The molecule has 0 amide bonds. The molecule has 162 valence electrons. The molecule has 2 aromatic heterocycles. The maximum Gasteiger partial charge on any atom is 0.387 e. The van der Waals surface area contributed by atoms with Crippen molar-refractivity contribution in [2.24, 2.45) is 4.99 Å². The number of rotatable bonds is 8. The lowest BCUT2D eigenvalue weighted by Crippen LogP contribution is -2.37. The third-order valence-electron chi connectivity index (χ3n) is 3.88. The van der Waals surface area contributed by atoms with Gasteiger partial charge in [0.15, 0.2) is 11.7 Å². The highest BCUT2D eigenvalue weighted by molar-refractivity contribution is 14.0. The fraction of sp³-hybridized carbons (Fsp3) is 0.316. The number of benzene rings is 1. The summed E-state index contributed by atoms with van der Waals surface area (Å²) >= 11 is 0. The standard InChI is InChI=1S/C19H22F2N6O2.HI/c1-3-22-19(23-10-13-9-12(2)6-7-14(13)29-18(20)21)24-11-16-25-17(27-26-16)15-5-4-8-28-15;/h4-9,18H,3,10-11H2,1-2H3,(H2,22,23,24)(H,25,26,27);1H. The second-order valence-corrected chi connectivity index (χ2v) is 6.12. The first-order chi connectivity index (χ1) is 14.0. The zero-order chi connectivity index (χ0) is 20.6. The van der Waals surface area contributed by atoms with E-state index in [9.17, 15) is 8.78 Å². The number of aromatic amines is 1. The van der Waals surface area contributed by atoms with E-state index in [1.54, 1.807) is 30.5 Å². The quantitative estimate of drug-likeness (QED) is 0.232. The molecular formula is C19H23F2IN6O2. The van der Waals surface area contributed by atoms with Crippen molar-refractivity contribution < 1.29 is 17.9 Å². The minimum Gasteiger partial charge on any atom is -0.461 e. The molecule has 30 heavy (non-hydrogen) atoms. The van der Waals surface area contributed by atoms with Gasteiger partial charge in [-0.25, -0.2) is 9.98 Å². The molecule has 8 nitrogen and oxygen atoms in total. The second kappa shape index (κ2) is 11.5. The maximum absolute atomic E-state index is 12.6. The van der Waals surface area contributed by atoms with Crippen LogP contribution in [0.3, 0.4) is 0 Å².